The van der Waals surface area contributed by atoms with Crippen molar-refractivity contribution in [3.8, 4) is 11.5 Å². The first-order chi connectivity index (χ1) is 18.4. The summed E-state index contributed by atoms with van der Waals surface area (Å²) in [7, 11) is 0. The van der Waals surface area contributed by atoms with Crippen LogP contribution in [0.3, 0.4) is 0 Å². The maximum Gasteiger partial charge on any atom is 0.322 e. The lowest BCUT2D eigenvalue weighted by atomic mass is 10.0. The molecule has 1 aliphatic heterocycles. The molecule has 190 valence electrons. The zero-order valence-electron chi connectivity index (χ0n) is 21.5. The van der Waals surface area contributed by atoms with Gasteiger partial charge in [-0.2, -0.15) is 5.10 Å². The number of anilines is 1. The fourth-order valence-corrected chi connectivity index (χ4v) is 5.51. The van der Waals surface area contributed by atoms with Crippen LogP contribution >= 0.6 is 11.6 Å². The van der Waals surface area contributed by atoms with Gasteiger partial charge in [0.05, 0.1) is 29.7 Å². The van der Waals surface area contributed by atoms with Crippen LogP contribution in [-0.4, -0.2) is 25.3 Å². The van der Waals surface area contributed by atoms with Gasteiger partial charge >= 0.3 is 6.03 Å². The van der Waals surface area contributed by atoms with E-state index in [2.05, 4.69) is 22.0 Å². The molecule has 0 fully saturated rings. The molecule has 1 aliphatic rings. The van der Waals surface area contributed by atoms with Crippen molar-refractivity contribution in [2.45, 2.75) is 33.4 Å². The smallest absolute Gasteiger partial charge is 0.308 e. The highest BCUT2D eigenvalue weighted by Gasteiger charge is 2.36. The zero-order valence-corrected chi connectivity index (χ0v) is 22.3. The summed E-state index contributed by atoms with van der Waals surface area (Å²) in [6.45, 7) is 6.46. The van der Waals surface area contributed by atoms with Crippen molar-refractivity contribution in [1.82, 2.24) is 19.2 Å². The van der Waals surface area contributed by atoms with E-state index in [0.717, 1.165) is 50.8 Å². The number of aromatic nitrogens is 3. The molecule has 1 atom stereocenters. The first kappa shape index (κ1) is 24.1. The number of nitrogens with zero attached hydrogens (tertiary/aromatic N) is 4. The number of carbonyl (C=O) groups is 1. The van der Waals surface area contributed by atoms with E-state index < -0.39 is 0 Å². The van der Waals surface area contributed by atoms with E-state index in [-0.39, 0.29) is 12.1 Å². The van der Waals surface area contributed by atoms with Gasteiger partial charge in [0.1, 0.15) is 5.82 Å². The second-order valence-corrected chi connectivity index (χ2v) is 10.3. The number of benzene rings is 3. The second-order valence-electron chi connectivity index (χ2n) is 9.83. The Balaban J connectivity index is 1.53. The molecule has 0 spiro atoms. The average Bonchev–Trinajstić information content (AvgIpc) is 3.45. The van der Waals surface area contributed by atoms with E-state index in [0.29, 0.717) is 11.6 Å². The van der Waals surface area contributed by atoms with Crippen molar-refractivity contribution in [3.05, 3.63) is 130 Å². The molecule has 6 nitrogen and oxygen atoms in total. The molecule has 38 heavy (non-hydrogen) atoms. The molecule has 0 saturated carbocycles. The van der Waals surface area contributed by atoms with Crippen LogP contribution in [0.5, 0.6) is 0 Å². The van der Waals surface area contributed by atoms with Crippen LogP contribution in [0.1, 0.15) is 39.7 Å². The van der Waals surface area contributed by atoms with Crippen molar-refractivity contribution >= 4 is 23.3 Å². The van der Waals surface area contributed by atoms with Crippen molar-refractivity contribution in [3.63, 3.8) is 0 Å². The molecule has 1 N–H and O–H groups in total. The highest BCUT2D eigenvalue weighted by molar-refractivity contribution is 6.30. The standard InChI is InChI=1S/C31H28ClN5O/c1-20-16-21(2)18-25(17-20)33-31(38)36-19-27-22(3)34-37(26-8-5-4-6-9-26)30(27)35-15-7-10-28(35)29(36)23-11-13-24(32)14-12-23/h4-18,29H,19H2,1-3H3,(H,33,38)/t29-/m0/s1. The van der Waals surface area contributed by atoms with Crippen molar-refractivity contribution in [2.75, 3.05) is 5.32 Å². The Morgan fingerprint density at radius 2 is 1.63 bits per heavy atom. The summed E-state index contributed by atoms with van der Waals surface area (Å²) in [6.07, 6.45) is 2.04. The topological polar surface area (TPSA) is 55.1 Å². The predicted octanol–water partition coefficient (Wildman–Crippen LogP) is 7.38. The third-order valence-electron chi connectivity index (χ3n) is 7.01. The summed E-state index contributed by atoms with van der Waals surface area (Å²) in [5.74, 6) is 0.939. The monoisotopic (exact) mass is 521 g/mol. The lowest BCUT2D eigenvalue weighted by molar-refractivity contribution is 0.194. The summed E-state index contributed by atoms with van der Waals surface area (Å²) in [5.41, 5.74) is 7.77. The highest BCUT2D eigenvalue weighted by atomic mass is 35.5. The third-order valence-corrected chi connectivity index (χ3v) is 7.26. The minimum Gasteiger partial charge on any atom is -0.308 e. The number of para-hydroxylation sites is 1. The quantitative estimate of drug-likeness (QED) is 0.269. The molecule has 2 amide bonds. The average molecular weight is 522 g/mol. The fourth-order valence-electron chi connectivity index (χ4n) is 5.39. The van der Waals surface area contributed by atoms with Crippen molar-refractivity contribution < 1.29 is 4.79 Å². The van der Waals surface area contributed by atoms with Crippen LogP contribution in [-0.2, 0) is 6.54 Å². The van der Waals surface area contributed by atoms with Crippen molar-refractivity contribution in [1.29, 1.82) is 0 Å². The van der Waals surface area contributed by atoms with Crippen molar-refractivity contribution in [2.24, 2.45) is 0 Å². The molecule has 6 rings (SSSR count). The molecule has 3 aromatic carbocycles. The molecule has 2 aromatic heterocycles. The fraction of sp³-hybridized carbons (Fsp3) is 0.161. The number of hydrogen-bond donors (Lipinski definition) is 1. The molecule has 5 aromatic rings. The SMILES string of the molecule is Cc1cc(C)cc(NC(=O)N2Cc3c(C)nn(-c4ccccc4)c3-n3cccc3[C@@H]2c2ccc(Cl)cc2)c1. The first-order valence-electron chi connectivity index (χ1n) is 12.6. The molecule has 7 heteroatoms. The van der Waals surface area contributed by atoms with E-state index in [1.807, 2.05) is 109 Å². The van der Waals surface area contributed by atoms with E-state index in [1.165, 1.54) is 0 Å². The number of amides is 2. The van der Waals surface area contributed by atoms with Gasteiger partial charge < -0.3 is 14.8 Å². The van der Waals surface area contributed by atoms with Crippen LogP contribution < -0.4 is 5.32 Å². The number of hydrogen-bond acceptors (Lipinski definition) is 2. The molecular weight excluding hydrogens is 494 g/mol. The normalized spacial score (nSPS) is 14.5. The number of fused-ring (bicyclic) bond motifs is 3. The van der Waals surface area contributed by atoms with Crippen LogP contribution in [0.15, 0.2) is 91.1 Å². The van der Waals surface area contributed by atoms with E-state index in [1.54, 1.807) is 0 Å². The third kappa shape index (κ3) is 4.27. The number of carbonyl (C=O) groups excluding carboxylic acids is 1. The molecule has 3 heterocycles. The molecular formula is C31H28ClN5O. The zero-order chi connectivity index (χ0) is 26.4. The maximum absolute atomic E-state index is 14.1. The van der Waals surface area contributed by atoms with Gasteiger partial charge in [-0.05, 0) is 86.0 Å². The Morgan fingerprint density at radius 3 is 2.34 bits per heavy atom. The summed E-state index contributed by atoms with van der Waals surface area (Å²) >= 11 is 6.25. The number of rotatable bonds is 3. The molecule has 0 saturated heterocycles. The number of halogens is 1. The van der Waals surface area contributed by atoms with E-state index in [4.69, 9.17) is 16.7 Å². The lowest BCUT2D eigenvalue weighted by Gasteiger charge is -2.31. The van der Waals surface area contributed by atoms with Crippen LogP contribution in [0.2, 0.25) is 5.02 Å². The predicted molar refractivity (Wildman–Crippen MR) is 151 cm³/mol. The van der Waals surface area contributed by atoms with Gasteiger partial charge in [0.15, 0.2) is 0 Å². The van der Waals surface area contributed by atoms with Gasteiger partial charge in [-0.1, -0.05) is 48.0 Å². The molecule has 0 unspecified atom stereocenters. The van der Waals surface area contributed by atoms with Crippen LogP contribution in [0.4, 0.5) is 10.5 Å². The Labute approximate surface area is 227 Å². The van der Waals surface area contributed by atoms with E-state index >= 15 is 0 Å². The Kier molecular flexibility index (Phi) is 6.04. The molecule has 0 bridgehead atoms. The van der Waals surface area contributed by atoms with Gasteiger partial charge in [-0.25, -0.2) is 9.48 Å². The highest BCUT2D eigenvalue weighted by Crippen LogP contribution is 2.39. The van der Waals surface area contributed by atoms with Crippen LogP contribution in [0.25, 0.3) is 11.5 Å². The van der Waals surface area contributed by atoms with Gasteiger partial charge in [0.25, 0.3) is 0 Å². The van der Waals surface area contributed by atoms with Gasteiger partial charge in [-0.3, -0.25) is 0 Å². The Morgan fingerprint density at radius 1 is 0.921 bits per heavy atom. The van der Waals surface area contributed by atoms with E-state index in [9.17, 15) is 4.79 Å². The summed E-state index contributed by atoms with van der Waals surface area (Å²) in [6, 6.07) is 27.5. The minimum absolute atomic E-state index is 0.178. The minimum atomic E-state index is -0.343. The lowest BCUT2D eigenvalue weighted by Crippen LogP contribution is -2.38. The molecule has 0 radical (unpaired) electrons. The summed E-state index contributed by atoms with van der Waals surface area (Å²) in [4.78, 5) is 16.0. The summed E-state index contributed by atoms with van der Waals surface area (Å²) < 4.78 is 4.13. The van der Waals surface area contributed by atoms with Gasteiger partial charge in [0, 0.05) is 22.5 Å². The van der Waals surface area contributed by atoms with Crippen LogP contribution in [0, 0.1) is 20.8 Å². The largest absolute Gasteiger partial charge is 0.322 e. The van der Waals surface area contributed by atoms with Gasteiger partial charge in [0.2, 0.25) is 0 Å². The second kappa shape index (κ2) is 9.54. The molecule has 0 aliphatic carbocycles. The maximum atomic E-state index is 14.1. The summed E-state index contributed by atoms with van der Waals surface area (Å²) in [5, 5.41) is 8.74. The number of nitrogens with one attached hydrogen (secondary N) is 1. The Hall–Kier alpha value is -4.29. The van der Waals surface area contributed by atoms with Gasteiger partial charge in [-0.15, -0.1) is 0 Å². The first-order valence-corrected chi connectivity index (χ1v) is 13.0. The Bertz CT molecular complexity index is 1610. The number of urea groups is 1. The number of aryl methyl sites for hydroxylation is 3.